The Morgan fingerprint density at radius 2 is 1.42 bits per heavy atom. The van der Waals surface area contributed by atoms with Crippen LogP contribution >= 0.6 is 0 Å². The molecule has 0 amide bonds. The van der Waals surface area contributed by atoms with E-state index in [0.29, 0.717) is 23.3 Å². The van der Waals surface area contributed by atoms with Gasteiger partial charge in [0.05, 0.1) is 0 Å². The zero-order valence-corrected chi connectivity index (χ0v) is 17.2. The Balaban J connectivity index is 1.34. The van der Waals surface area contributed by atoms with Crippen molar-refractivity contribution < 1.29 is 23.9 Å². The Labute approximate surface area is 180 Å². The average Bonchev–Trinajstić information content (AvgIpc) is 3.07. The number of rotatable bonds is 5. The van der Waals surface area contributed by atoms with Crippen LogP contribution in [0.3, 0.4) is 0 Å². The molecule has 3 aliphatic rings. The van der Waals surface area contributed by atoms with Crippen molar-refractivity contribution in [2.24, 2.45) is 23.7 Å². The number of ketones is 4. The van der Waals surface area contributed by atoms with Crippen LogP contribution in [0.5, 0.6) is 5.75 Å². The highest BCUT2D eigenvalue weighted by Crippen LogP contribution is 2.52. The maximum atomic E-state index is 12.7. The summed E-state index contributed by atoms with van der Waals surface area (Å²) in [5, 5.41) is 0. The minimum atomic E-state index is -0.565. The summed E-state index contributed by atoms with van der Waals surface area (Å²) in [7, 11) is 0. The first kappa shape index (κ1) is 19.9. The molecule has 3 aliphatic carbocycles. The molecule has 158 valence electrons. The molecule has 5 nitrogen and oxygen atoms in total. The van der Waals surface area contributed by atoms with Crippen LogP contribution in [0.15, 0.2) is 54.6 Å². The van der Waals surface area contributed by atoms with Gasteiger partial charge in [0.15, 0.2) is 0 Å². The fraction of sp³-hybridized carbons (Fsp3) is 0.385. The minimum absolute atomic E-state index is 0.0853. The highest BCUT2D eigenvalue weighted by Gasteiger charge is 2.57. The fourth-order valence-corrected chi connectivity index (χ4v) is 5.88. The zero-order valence-electron chi connectivity index (χ0n) is 17.2. The normalized spacial score (nSPS) is 29.4. The first-order valence-electron chi connectivity index (χ1n) is 11.0. The average molecular weight is 416 g/mol. The molecule has 0 bridgehead atoms. The van der Waals surface area contributed by atoms with Crippen LogP contribution in [0.1, 0.15) is 52.8 Å². The number of hydrogen-bond acceptors (Lipinski definition) is 5. The second-order valence-electron chi connectivity index (χ2n) is 8.90. The van der Waals surface area contributed by atoms with Crippen LogP contribution in [0.2, 0.25) is 0 Å². The van der Waals surface area contributed by atoms with E-state index < -0.39 is 11.6 Å². The number of carbonyl (C=O) groups excluding carboxylic acids is 4. The van der Waals surface area contributed by atoms with Crippen molar-refractivity contribution in [2.45, 2.75) is 38.2 Å². The number of carbonyl (C=O) groups is 4. The number of Topliss-reactive ketones (excluding diaryl/α,β-unsaturated/α-hetero) is 4. The first-order chi connectivity index (χ1) is 15.0. The van der Waals surface area contributed by atoms with E-state index in [-0.39, 0.29) is 41.3 Å². The number of benzene rings is 2. The molecule has 5 heteroatoms. The van der Waals surface area contributed by atoms with Gasteiger partial charge < -0.3 is 4.74 Å². The van der Waals surface area contributed by atoms with Gasteiger partial charge in [0.25, 0.3) is 0 Å². The zero-order chi connectivity index (χ0) is 21.5. The van der Waals surface area contributed by atoms with Gasteiger partial charge in [-0.15, -0.1) is 0 Å². The summed E-state index contributed by atoms with van der Waals surface area (Å²) in [4.78, 5) is 50.0. The standard InChI is InChI=1S/C26H24O5/c27-23(15-6-2-1-3-7-15)24(28)16-8-4-9-17(14-16)31-21-13-12-20-22-18(21)10-5-11-19(22)25(29)26(20)30/h1-4,6-9,14,18-22H,5,10-13H2. The Kier molecular flexibility index (Phi) is 5.05. The molecule has 0 N–H and O–H groups in total. The van der Waals surface area contributed by atoms with Crippen LogP contribution in [-0.2, 0) is 9.59 Å². The minimum Gasteiger partial charge on any atom is -0.490 e. The molecule has 2 aromatic rings. The molecule has 0 radical (unpaired) electrons. The van der Waals surface area contributed by atoms with Gasteiger partial charge in [-0.2, -0.15) is 0 Å². The van der Waals surface area contributed by atoms with Crippen molar-refractivity contribution in [1.29, 1.82) is 0 Å². The van der Waals surface area contributed by atoms with E-state index in [9.17, 15) is 19.2 Å². The van der Waals surface area contributed by atoms with E-state index >= 15 is 0 Å². The van der Waals surface area contributed by atoms with Gasteiger partial charge in [0.1, 0.15) is 11.9 Å². The summed E-state index contributed by atoms with van der Waals surface area (Å²) in [5.41, 5.74) is 0.661. The third-order valence-electron chi connectivity index (χ3n) is 7.26. The molecule has 5 rings (SSSR count). The van der Waals surface area contributed by atoms with Crippen molar-refractivity contribution in [3.05, 3.63) is 65.7 Å². The summed E-state index contributed by atoms with van der Waals surface area (Å²) in [6, 6.07) is 15.3. The quantitative estimate of drug-likeness (QED) is 0.542. The molecule has 0 heterocycles. The molecular weight excluding hydrogens is 392 g/mol. The van der Waals surface area contributed by atoms with Gasteiger partial charge in [-0.1, -0.05) is 48.9 Å². The lowest BCUT2D eigenvalue weighted by molar-refractivity contribution is -0.137. The van der Waals surface area contributed by atoms with Crippen molar-refractivity contribution in [3.8, 4) is 5.75 Å². The second kappa shape index (κ2) is 7.88. The van der Waals surface area contributed by atoms with Crippen molar-refractivity contribution >= 4 is 23.1 Å². The Bertz CT molecular complexity index is 1040. The SMILES string of the molecule is O=C(C(=O)c1cccc(OC2CCC3C(=O)C(=O)C4CCCC2C43)c1)c1ccccc1. The van der Waals surface area contributed by atoms with E-state index in [2.05, 4.69) is 0 Å². The lowest BCUT2D eigenvalue weighted by Crippen LogP contribution is -2.44. The van der Waals surface area contributed by atoms with E-state index in [0.717, 1.165) is 25.7 Å². The number of hydrogen-bond donors (Lipinski definition) is 0. The summed E-state index contributed by atoms with van der Waals surface area (Å²) in [5.74, 6) is -0.914. The second-order valence-corrected chi connectivity index (χ2v) is 8.90. The highest BCUT2D eigenvalue weighted by atomic mass is 16.5. The molecule has 0 aliphatic heterocycles. The highest BCUT2D eigenvalue weighted by molar-refractivity contribution is 6.49. The summed E-state index contributed by atoms with van der Waals surface area (Å²) < 4.78 is 6.31. The molecular formula is C26H24O5. The van der Waals surface area contributed by atoms with Crippen LogP contribution in [0, 0.1) is 23.7 Å². The van der Waals surface area contributed by atoms with Crippen LogP contribution in [0.4, 0.5) is 0 Å². The van der Waals surface area contributed by atoms with Gasteiger partial charge in [-0.05, 0) is 43.7 Å². The van der Waals surface area contributed by atoms with Gasteiger partial charge in [0, 0.05) is 28.9 Å². The summed E-state index contributed by atoms with van der Waals surface area (Å²) in [6.45, 7) is 0. The van der Waals surface area contributed by atoms with Crippen LogP contribution in [-0.4, -0.2) is 29.2 Å². The third kappa shape index (κ3) is 3.42. The first-order valence-corrected chi connectivity index (χ1v) is 11.0. The topological polar surface area (TPSA) is 77.5 Å². The van der Waals surface area contributed by atoms with Crippen molar-refractivity contribution in [3.63, 3.8) is 0 Å². The van der Waals surface area contributed by atoms with Gasteiger partial charge >= 0.3 is 0 Å². The van der Waals surface area contributed by atoms with E-state index in [4.69, 9.17) is 4.74 Å². The lowest BCUT2D eigenvalue weighted by atomic mass is 9.63. The van der Waals surface area contributed by atoms with Crippen molar-refractivity contribution in [2.75, 3.05) is 0 Å². The maximum absolute atomic E-state index is 12.7. The van der Waals surface area contributed by atoms with E-state index in [1.807, 2.05) is 0 Å². The molecule has 5 atom stereocenters. The Morgan fingerprint density at radius 3 is 2.19 bits per heavy atom. The Morgan fingerprint density at radius 1 is 0.742 bits per heavy atom. The molecule has 31 heavy (non-hydrogen) atoms. The smallest absolute Gasteiger partial charge is 0.233 e. The molecule has 0 spiro atoms. The monoisotopic (exact) mass is 416 g/mol. The fourth-order valence-electron chi connectivity index (χ4n) is 5.88. The van der Waals surface area contributed by atoms with Crippen LogP contribution < -0.4 is 4.74 Å². The molecule has 0 saturated heterocycles. The summed E-state index contributed by atoms with van der Waals surface area (Å²) in [6.07, 6.45) is 4.00. The number of ether oxygens (including phenoxy) is 1. The maximum Gasteiger partial charge on any atom is 0.233 e. The van der Waals surface area contributed by atoms with E-state index in [1.54, 1.807) is 54.6 Å². The molecule has 3 saturated carbocycles. The van der Waals surface area contributed by atoms with Gasteiger partial charge in [-0.3, -0.25) is 19.2 Å². The lowest BCUT2D eigenvalue weighted by Gasteiger charge is -2.43. The van der Waals surface area contributed by atoms with E-state index in [1.165, 1.54) is 0 Å². The Hall–Kier alpha value is -3.08. The third-order valence-corrected chi connectivity index (χ3v) is 7.26. The summed E-state index contributed by atoms with van der Waals surface area (Å²) >= 11 is 0. The molecule has 3 fully saturated rings. The largest absolute Gasteiger partial charge is 0.490 e. The predicted octanol–water partition coefficient (Wildman–Crippen LogP) is 4.09. The van der Waals surface area contributed by atoms with Gasteiger partial charge in [-0.25, -0.2) is 0 Å². The van der Waals surface area contributed by atoms with Crippen LogP contribution in [0.25, 0.3) is 0 Å². The molecule has 2 aromatic carbocycles. The molecule has 0 aromatic heterocycles. The van der Waals surface area contributed by atoms with Crippen molar-refractivity contribution in [1.82, 2.24) is 0 Å². The molecule has 5 unspecified atom stereocenters. The predicted molar refractivity (Wildman–Crippen MR) is 113 cm³/mol. The van der Waals surface area contributed by atoms with Gasteiger partial charge in [0.2, 0.25) is 23.1 Å².